The molecule has 24 heavy (non-hydrogen) atoms. The van der Waals surface area contributed by atoms with E-state index in [2.05, 4.69) is 21.9 Å². The molecule has 0 atom stereocenters. The van der Waals surface area contributed by atoms with E-state index in [1.54, 1.807) is 36.5 Å². The van der Waals surface area contributed by atoms with Crippen LogP contribution in [0.5, 0.6) is 0 Å². The molecule has 3 aromatic rings. The van der Waals surface area contributed by atoms with Crippen LogP contribution < -0.4 is 10.9 Å². The molecule has 5 nitrogen and oxygen atoms in total. The van der Waals surface area contributed by atoms with E-state index in [1.807, 2.05) is 36.4 Å². The first kappa shape index (κ1) is 15.3. The molecule has 5 heteroatoms. The van der Waals surface area contributed by atoms with Crippen molar-refractivity contribution >= 4 is 11.6 Å². The van der Waals surface area contributed by atoms with Gasteiger partial charge in [-0.3, -0.25) is 20.6 Å². The van der Waals surface area contributed by atoms with Gasteiger partial charge in [-0.05, 0) is 47.5 Å². The first-order valence-corrected chi connectivity index (χ1v) is 7.34. The Kier molecular flexibility index (Phi) is 4.50. The first-order chi connectivity index (χ1) is 11.8. The summed E-state index contributed by atoms with van der Waals surface area (Å²) in [6, 6.07) is 22.3. The number of nitrogens with zero attached hydrogens (tertiary/aromatic N) is 2. The molecule has 0 aliphatic heterocycles. The molecule has 0 aliphatic carbocycles. The lowest BCUT2D eigenvalue weighted by molar-refractivity contribution is 0.0958. The number of carbonyl (C=O) groups excluding carboxylic acids is 1. The van der Waals surface area contributed by atoms with Gasteiger partial charge in [0.05, 0.1) is 17.3 Å². The summed E-state index contributed by atoms with van der Waals surface area (Å²) in [4.78, 5) is 15.9. The number of amides is 1. The van der Waals surface area contributed by atoms with Gasteiger partial charge < -0.3 is 0 Å². The molecule has 0 radical (unpaired) electrons. The summed E-state index contributed by atoms with van der Waals surface area (Å²) in [6.45, 7) is 0. The number of aromatic nitrogens is 1. The molecule has 0 spiro atoms. The highest BCUT2D eigenvalue weighted by Gasteiger charge is 2.05. The molecule has 2 aromatic carbocycles. The van der Waals surface area contributed by atoms with Crippen LogP contribution in [-0.4, -0.2) is 10.9 Å². The molecule has 0 fully saturated rings. The van der Waals surface area contributed by atoms with Gasteiger partial charge in [0, 0.05) is 6.20 Å². The molecular formula is C19H14N4O. The summed E-state index contributed by atoms with van der Waals surface area (Å²) in [5, 5.41) is 8.82. The van der Waals surface area contributed by atoms with E-state index in [9.17, 15) is 4.79 Å². The predicted molar refractivity (Wildman–Crippen MR) is 91.9 cm³/mol. The van der Waals surface area contributed by atoms with Gasteiger partial charge >= 0.3 is 0 Å². The number of hydrazine groups is 1. The van der Waals surface area contributed by atoms with Crippen molar-refractivity contribution in [2.24, 2.45) is 0 Å². The fourth-order valence-electron chi connectivity index (χ4n) is 2.17. The van der Waals surface area contributed by atoms with Crippen molar-refractivity contribution in [3.8, 4) is 17.2 Å². The fourth-order valence-corrected chi connectivity index (χ4v) is 2.17. The molecular weight excluding hydrogens is 300 g/mol. The summed E-state index contributed by atoms with van der Waals surface area (Å²) in [5.74, 6) is -0.299. The number of nitrogens with one attached hydrogen (secondary N) is 2. The van der Waals surface area contributed by atoms with E-state index in [4.69, 9.17) is 5.26 Å². The van der Waals surface area contributed by atoms with Gasteiger partial charge in [-0.25, -0.2) is 0 Å². The molecule has 1 heterocycles. The predicted octanol–water partition coefficient (Wildman–Crippen LogP) is 3.38. The Morgan fingerprint density at radius 1 is 0.917 bits per heavy atom. The van der Waals surface area contributed by atoms with Gasteiger partial charge in [0.15, 0.2) is 0 Å². The molecule has 0 aliphatic rings. The minimum atomic E-state index is -0.299. The second-order valence-corrected chi connectivity index (χ2v) is 5.06. The smallest absolute Gasteiger partial charge is 0.288 e. The Bertz CT molecular complexity index is 866. The zero-order valence-electron chi connectivity index (χ0n) is 12.7. The number of anilines is 1. The van der Waals surface area contributed by atoms with Gasteiger partial charge in [0.2, 0.25) is 0 Å². The van der Waals surface area contributed by atoms with Crippen molar-refractivity contribution in [1.82, 2.24) is 10.4 Å². The van der Waals surface area contributed by atoms with Crippen molar-refractivity contribution in [1.29, 1.82) is 5.26 Å². The monoisotopic (exact) mass is 314 g/mol. The minimum Gasteiger partial charge on any atom is -0.298 e. The lowest BCUT2D eigenvalue weighted by Crippen LogP contribution is -2.29. The van der Waals surface area contributed by atoms with Crippen molar-refractivity contribution < 1.29 is 4.79 Å². The van der Waals surface area contributed by atoms with Gasteiger partial charge in [-0.1, -0.05) is 30.3 Å². The Morgan fingerprint density at radius 2 is 1.58 bits per heavy atom. The summed E-state index contributed by atoms with van der Waals surface area (Å²) >= 11 is 0. The molecule has 3 rings (SSSR count). The van der Waals surface area contributed by atoms with E-state index >= 15 is 0 Å². The molecule has 0 saturated heterocycles. The molecule has 0 unspecified atom stereocenters. The maximum atomic E-state index is 11.9. The number of nitriles is 1. The summed E-state index contributed by atoms with van der Waals surface area (Å²) < 4.78 is 0. The van der Waals surface area contributed by atoms with Gasteiger partial charge in [0.25, 0.3) is 5.91 Å². The number of benzene rings is 2. The van der Waals surface area contributed by atoms with Crippen LogP contribution in [0.2, 0.25) is 0 Å². The fraction of sp³-hybridized carbons (Fsp3) is 0. The number of rotatable bonds is 4. The molecule has 0 bridgehead atoms. The van der Waals surface area contributed by atoms with Crippen LogP contribution in [0.3, 0.4) is 0 Å². The second-order valence-electron chi connectivity index (χ2n) is 5.06. The third-order valence-electron chi connectivity index (χ3n) is 3.45. The minimum absolute atomic E-state index is 0.299. The van der Waals surface area contributed by atoms with Crippen LogP contribution in [0.25, 0.3) is 11.1 Å². The zero-order chi connectivity index (χ0) is 16.8. The first-order valence-electron chi connectivity index (χ1n) is 7.34. The Hall–Kier alpha value is -3.65. The highest BCUT2D eigenvalue weighted by molar-refractivity contribution is 5.92. The summed E-state index contributed by atoms with van der Waals surface area (Å²) in [7, 11) is 0. The zero-order valence-corrected chi connectivity index (χ0v) is 12.7. The van der Waals surface area contributed by atoms with Crippen LogP contribution in [0.1, 0.15) is 16.1 Å². The standard InChI is InChI=1S/C19H14N4O/c20-13-14-4-6-15(7-5-14)16-8-10-17(11-9-16)22-23-19(24)18-3-1-2-12-21-18/h1-12,22H,(H,23,24). The normalized spacial score (nSPS) is 9.79. The lowest BCUT2D eigenvalue weighted by atomic mass is 10.0. The lowest BCUT2D eigenvalue weighted by Gasteiger charge is -2.09. The number of pyridine rings is 1. The van der Waals surface area contributed by atoms with Crippen LogP contribution in [0.15, 0.2) is 72.9 Å². The largest absolute Gasteiger partial charge is 0.298 e. The Balaban J connectivity index is 1.64. The third kappa shape index (κ3) is 3.57. The second kappa shape index (κ2) is 7.07. The number of hydrogen-bond acceptors (Lipinski definition) is 4. The van der Waals surface area contributed by atoms with Crippen LogP contribution in [0.4, 0.5) is 5.69 Å². The highest BCUT2D eigenvalue weighted by Crippen LogP contribution is 2.21. The number of hydrogen-bond donors (Lipinski definition) is 2. The number of carbonyl (C=O) groups is 1. The van der Waals surface area contributed by atoms with Crippen LogP contribution >= 0.6 is 0 Å². The van der Waals surface area contributed by atoms with Gasteiger partial charge in [0.1, 0.15) is 5.69 Å². The van der Waals surface area contributed by atoms with Crippen molar-refractivity contribution in [3.05, 3.63) is 84.2 Å². The molecule has 2 N–H and O–H groups in total. The van der Waals surface area contributed by atoms with E-state index in [-0.39, 0.29) is 5.91 Å². The van der Waals surface area contributed by atoms with Crippen LogP contribution in [0, 0.1) is 11.3 Å². The van der Waals surface area contributed by atoms with Gasteiger partial charge in [-0.2, -0.15) is 5.26 Å². The van der Waals surface area contributed by atoms with E-state index < -0.39 is 0 Å². The Labute approximate surface area is 139 Å². The van der Waals surface area contributed by atoms with Crippen molar-refractivity contribution in [2.75, 3.05) is 5.43 Å². The Morgan fingerprint density at radius 3 is 2.17 bits per heavy atom. The topological polar surface area (TPSA) is 77.8 Å². The maximum Gasteiger partial charge on any atom is 0.288 e. The molecule has 116 valence electrons. The van der Waals surface area contributed by atoms with Gasteiger partial charge in [-0.15, -0.1) is 0 Å². The van der Waals surface area contributed by atoms with E-state index in [0.717, 1.165) is 16.8 Å². The average Bonchev–Trinajstić information content (AvgIpc) is 2.67. The SMILES string of the molecule is N#Cc1ccc(-c2ccc(NNC(=O)c3ccccn3)cc2)cc1. The quantitative estimate of drug-likeness (QED) is 0.724. The maximum absolute atomic E-state index is 11.9. The highest BCUT2D eigenvalue weighted by atomic mass is 16.2. The molecule has 0 saturated carbocycles. The van der Waals surface area contributed by atoms with E-state index in [0.29, 0.717) is 11.3 Å². The van der Waals surface area contributed by atoms with Crippen molar-refractivity contribution in [2.45, 2.75) is 0 Å². The van der Waals surface area contributed by atoms with Crippen LogP contribution in [-0.2, 0) is 0 Å². The average molecular weight is 314 g/mol. The third-order valence-corrected chi connectivity index (χ3v) is 3.45. The van der Waals surface area contributed by atoms with Crippen molar-refractivity contribution in [3.63, 3.8) is 0 Å². The summed E-state index contributed by atoms with van der Waals surface area (Å²) in [6.07, 6.45) is 1.57. The summed E-state index contributed by atoms with van der Waals surface area (Å²) in [5.41, 5.74) is 9.25. The molecule has 1 amide bonds. The molecule has 1 aromatic heterocycles. The van der Waals surface area contributed by atoms with E-state index in [1.165, 1.54) is 0 Å².